The predicted octanol–water partition coefficient (Wildman–Crippen LogP) is 1.66. The number of hydrogen-bond donors (Lipinski definition) is 4. The van der Waals surface area contributed by atoms with Crippen molar-refractivity contribution in [3.63, 3.8) is 0 Å². The van der Waals surface area contributed by atoms with Gasteiger partial charge in [-0.05, 0) is 37.2 Å². The molecule has 3 heterocycles. The van der Waals surface area contributed by atoms with Crippen molar-refractivity contribution in [3.05, 3.63) is 47.0 Å². The quantitative estimate of drug-likeness (QED) is 0.446. The molecular formula is C20H25N7O2. The number of nitrogens with zero attached hydrogens (tertiary/aromatic N) is 3. The summed E-state index contributed by atoms with van der Waals surface area (Å²) in [7, 11) is 0. The first-order chi connectivity index (χ1) is 14.2. The summed E-state index contributed by atoms with van der Waals surface area (Å²) in [4.78, 5) is 26.2. The summed E-state index contributed by atoms with van der Waals surface area (Å²) in [6.45, 7) is 4.56. The standard InChI is InChI=1S/C20H25N7O2/c21-6-1-7-22-17-12-16-18(20(28)24-13-23-16)19(26-17)25-14-2-4-15(5-3-14)27-8-10-29-11-9-27/h2-5,12-13H,1,6-11,21H2,(H2,22,25,26)(H,23,24,28). The third-order valence-corrected chi connectivity index (χ3v) is 4.82. The monoisotopic (exact) mass is 395 g/mol. The van der Waals surface area contributed by atoms with Gasteiger partial charge in [0.25, 0.3) is 5.56 Å². The molecule has 5 N–H and O–H groups in total. The van der Waals surface area contributed by atoms with Crippen molar-refractivity contribution >= 4 is 33.9 Å². The Morgan fingerprint density at radius 2 is 2.00 bits per heavy atom. The van der Waals surface area contributed by atoms with Crippen LogP contribution in [0.15, 0.2) is 41.5 Å². The fraction of sp³-hybridized carbons (Fsp3) is 0.350. The van der Waals surface area contributed by atoms with Crippen LogP contribution in [0.3, 0.4) is 0 Å². The van der Waals surface area contributed by atoms with Crippen molar-refractivity contribution in [2.75, 3.05) is 54.9 Å². The lowest BCUT2D eigenvalue weighted by atomic mass is 10.2. The molecular weight excluding hydrogens is 370 g/mol. The highest BCUT2D eigenvalue weighted by Crippen LogP contribution is 2.25. The van der Waals surface area contributed by atoms with Crippen molar-refractivity contribution in [3.8, 4) is 0 Å². The number of hydrogen-bond acceptors (Lipinski definition) is 8. The maximum atomic E-state index is 12.4. The van der Waals surface area contributed by atoms with Gasteiger partial charge in [-0.2, -0.15) is 0 Å². The SMILES string of the molecule is NCCCNc1cc2nc[nH]c(=O)c2c(Nc2ccc(N3CCOCC3)cc2)n1. The molecule has 0 unspecified atom stereocenters. The summed E-state index contributed by atoms with van der Waals surface area (Å²) in [5, 5.41) is 6.93. The van der Waals surface area contributed by atoms with Crippen LogP contribution in [-0.4, -0.2) is 54.3 Å². The topological polar surface area (TPSA) is 121 Å². The molecule has 1 saturated heterocycles. The summed E-state index contributed by atoms with van der Waals surface area (Å²) in [6, 6.07) is 9.85. The van der Waals surface area contributed by atoms with Gasteiger partial charge >= 0.3 is 0 Å². The van der Waals surface area contributed by atoms with Crippen LogP contribution >= 0.6 is 0 Å². The zero-order valence-corrected chi connectivity index (χ0v) is 16.1. The molecule has 0 amide bonds. The lowest BCUT2D eigenvalue weighted by Crippen LogP contribution is -2.36. The van der Waals surface area contributed by atoms with Gasteiger partial charge in [0.05, 0.1) is 25.1 Å². The predicted molar refractivity (Wildman–Crippen MR) is 115 cm³/mol. The first-order valence-electron chi connectivity index (χ1n) is 9.77. The molecule has 9 nitrogen and oxygen atoms in total. The van der Waals surface area contributed by atoms with Crippen LogP contribution in [0.5, 0.6) is 0 Å². The van der Waals surface area contributed by atoms with Crippen LogP contribution in [-0.2, 0) is 4.74 Å². The number of pyridine rings is 1. The Kier molecular flexibility index (Phi) is 5.87. The van der Waals surface area contributed by atoms with E-state index in [1.807, 2.05) is 12.1 Å². The molecule has 3 aromatic rings. The number of rotatable bonds is 7. The van der Waals surface area contributed by atoms with Gasteiger partial charge in [0, 0.05) is 37.1 Å². The minimum Gasteiger partial charge on any atom is -0.378 e. The van der Waals surface area contributed by atoms with Crippen LogP contribution in [0.1, 0.15) is 6.42 Å². The molecule has 0 aliphatic carbocycles. The summed E-state index contributed by atoms with van der Waals surface area (Å²) >= 11 is 0. The minimum absolute atomic E-state index is 0.233. The zero-order valence-electron chi connectivity index (χ0n) is 16.1. The van der Waals surface area contributed by atoms with E-state index in [2.05, 4.69) is 42.6 Å². The van der Waals surface area contributed by atoms with Gasteiger partial charge in [0.2, 0.25) is 0 Å². The van der Waals surface area contributed by atoms with Crippen LogP contribution in [0, 0.1) is 0 Å². The van der Waals surface area contributed by atoms with Gasteiger partial charge in [-0.15, -0.1) is 0 Å². The van der Waals surface area contributed by atoms with E-state index in [0.29, 0.717) is 35.6 Å². The Morgan fingerprint density at radius 1 is 1.21 bits per heavy atom. The molecule has 1 aliphatic heterocycles. The van der Waals surface area contributed by atoms with Crippen molar-refractivity contribution in [2.45, 2.75) is 6.42 Å². The van der Waals surface area contributed by atoms with E-state index >= 15 is 0 Å². The number of ether oxygens (including phenoxy) is 1. The van der Waals surface area contributed by atoms with Crippen molar-refractivity contribution in [2.24, 2.45) is 5.73 Å². The molecule has 4 rings (SSSR count). The summed E-state index contributed by atoms with van der Waals surface area (Å²) in [6.07, 6.45) is 2.23. The molecule has 0 bridgehead atoms. The average Bonchev–Trinajstić information content (AvgIpc) is 2.75. The maximum absolute atomic E-state index is 12.4. The third-order valence-electron chi connectivity index (χ3n) is 4.82. The zero-order chi connectivity index (χ0) is 20.1. The number of nitrogens with two attached hydrogens (primary N) is 1. The summed E-state index contributed by atoms with van der Waals surface area (Å²) in [5.41, 5.74) is 7.89. The Morgan fingerprint density at radius 3 is 2.76 bits per heavy atom. The van der Waals surface area contributed by atoms with Crippen molar-refractivity contribution in [1.82, 2.24) is 15.0 Å². The molecule has 0 radical (unpaired) electrons. The Labute approximate surface area is 168 Å². The Balaban J connectivity index is 1.61. The summed E-state index contributed by atoms with van der Waals surface area (Å²) in [5.74, 6) is 1.11. The molecule has 152 valence electrons. The number of H-pyrrole nitrogens is 1. The lowest BCUT2D eigenvalue weighted by molar-refractivity contribution is 0.122. The van der Waals surface area contributed by atoms with Crippen LogP contribution in [0.2, 0.25) is 0 Å². The van der Waals surface area contributed by atoms with Gasteiger partial charge in [-0.3, -0.25) is 4.79 Å². The molecule has 0 saturated carbocycles. The molecule has 0 spiro atoms. The highest BCUT2D eigenvalue weighted by molar-refractivity contribution is 5.92. The molecule has 9 heteroatoms. The molecule has 2 aromatic heterocycles. The normalized spacial score (nSPS) is 14.2. The second kappa shape index (κ2) is 8.89. The number of aromatic nitrogens is 3. The largest absolute Gasteiger partial charge is 0.378 e. The van der Waals surface area contributed by atoms with E-state index in [-0.39, 0.29) is 5.56 Å². The number of morpholine rings is 1. The second-order valence-electron chi connectivity index (χ2n) is 6.82. The van der Waals surface area contributed by atoms with Crippen molar-refractivity contribution < 1.29 is 4.74 Å². The molecule has 1 aromatic carbocycles. The van der Waals surface area contributed by atoms with Gasteiger partial charge in [-0.25, -0.2) is 9.97 Å². The first kappa shape index (κ1) is 19.2. The first-order valence-corrected chi connectivity index (χ1v) is 9.77. The Bertz CT molecular complexity index is 1010. The number of anilines is 4. The number of benzene rings is 1. The summed E-state index contributed by atoms with van der Waals surface area (Å²) < 4.78 is 5.41. The van der Waals surface area contributed by atoms with Crippen LogP contribution in [0.4, 0.5) is 23.0 Å². The maximum Gasteiger partial charge on any atom is 0.262 e. The van der Waals surface area contributed by atoms with Gasteiger partial charge in [-0.1, -0.05) is 0 Å². The van der Waals surface area contributed by atoms with Crippen LogP contribution < -0.4 is 26.8 Å². The highest BCUT2D eigenvalue weighted by atomic mass is 16.5. The third kappa shape index (κ3) is 4.47. The van der Waals surface area contributed by atoms with Crippen molar-refractivity contribution in [1.29, 1.82) is 0 Å². The van der Waals surface area contributed by atoms with E-state index < -0.39 is 0 Å². The van der Waals surface area contributed by atoms with E-state index in [4.69, 9.17) is 10.5 Å². The molecule has 29 heavy (non-hydrogen) atoms. The molecule has 1 aliphatic rings. The minimum atomic E-state index is -0.233. The number of aromatic amines is 1. The smallest absolute Gasteiger partial charge is 0.262 e. The van der Waals surface area contributed by atoms with Gasteiger partial charge in [0.15, 0.2) is 0 Å². The number of fused-ring (bicyclic) bond motifs is 1. The highest BCUT2D eigenvalue weighted by Gasteiger charge is 2.13. The Hall–Kier alpha value is -3.17. The fourth-order valence-electron chi connectivity index (χ4n) is 3.30. The van der Waals surface area contributed by atoms with Gasteiger partial charge < -0.3 is 31.0 Å². The van der Waals surface area contributed by atoms with Crippen LogP contribution in [0.25, 0.3) is 10.9 Å². The van der Waals surface area contributed by atoms with E-state index in [1.54, 1.807) is 6.07 Å². The van der Waals surface area contributed by atoms with E-state index in [0.717, 1.165) is 44.1 Å². The van der Waals surface area contributed by atoms with E-state index in [9.17, 15) is 4.79 Å². The van der Waals surface area contributed by atoms with Gasteiger partial charge in [0.1, 0.15) is 17.0 Å². The molecule has 1 fully saturated rings. The number of nitrogens with one attached hydrogen (secondary N) is 3. The second-order valence-corrected chi connectivity index (χ2v) is 6.82. The molecule has 0 atom stereocenters. The lowest BCUT2D eigenvalue weighted by Gasteiger charge is -2.28. The fourth-order valence-corrected chi connectivity index (χ4v) is 3.30. The van der Waals surface area contributed by atoms with E-state index in [1.165, 1.54) is 6.33 Å². The average molecular weight is 395 g/mol.